The number of pyridine rings is 1. The fraction of sp³-hybridized carbons (Fsp3) is 0.243. The number of hydrogen-bond acceptors (Lipinski definition) is 5. The number of rotatable bonds is 7. The van der Waals surface area contributed by atoms with E-state index >= 15 is 0 Å². The van der Waals surface area contributed by atoms with Crippen LogP contribution >= 0.6 is 0 Å². The Morgan fingerprint density at radius 3 is 1.40 bits per heavy atom. The number of para-hydroxylation sites is 3. The van der Waals surface area contributed by atoms with Crippen LogP contribution in [0.25, 0.3) is 33.4 Å². The van der Waals surface area contributed by atoms with Crippen LogP contribution in [0, 0.1) is 0 Å². The molecule has 2 aliphatic heterocycles. The predicted octanol–water partition coefficient (Wildman–Crippen LogP) is 19.8. The van der Waals surface area contributed by atoms with Gasteiger partial charge in [-0.05, 0) is 151 Å². The number of benzene rings is 8. The molecule has 11 rings (SSSR count). The second-order valence-corrected chi connectivity index (χ2v) is 24.7. The van der Waals surface area contributed by atoms with Crippen molar-refractivity contribution >= 4 is 57.0 Å². The van der Waals surface area contributed by atoms with Gasteiger partial charge in [-0.1, -0.05) is 192 Å². The summed E-state index contributed by atoms with van der Waals surface area (Å²) in [6.45, 7) is 28.4. The Morgan fingerprint density at radius 2 is 0.840 bits per heavy atom. The van der Waals surface area contributed by atoms with Gasteiger partial charge in [-0.2, -0.15) is 0 Å². The molecule has 3 heterocycles. The zero-order valence-electron chi connectivity index (χ0n) is 46.0. The molecule has 5 heteroatoms. The van der Waals surface area contributed by atoms with Gasteiger partial charge in [0.2, 0.25) is 0 Å². The molecule has 0 radical (unpaired) electrons. The minimum Gasteiger partial charge on any atom is -0.321 e. The minimum atomic E-state index is -0.156. The maximum Gasteiger partial charge on any atom is 0.137 e. The lowest BCUT2D eigenvalue weighted by Crippen LogP contribution is -2.26. The molecule has 0 aliphatic carbocycles. The molecule has 0 amide bonds. The molecule has 0 N–H and O–H groups in total. The van der Waals surface area contributed by atoms with E-state index in [1.807, 2.05) is 12.3 Å². The lowest BCUT2D eigenvalue weighted by molar-refractivity contribution is 0.568. The summed E-state index contributed by atoms with van der Waals surface area (Å²) in [4.78, 5) is 15.0. The number of hydrogen-bond donors (Lipinski definition) is 0. The molecule has 1 aromatic heterocycles. The van der Waals surface area contributed by atoms with Gasteiger partial charge in [0.15, 0.2) is 0 Å². The Hall–Kier alpha value is -7.89. The van der Waals surface area contributed by atoms with E-state index in [9.17, 15) is 0 Å². The second-order valence-electron chi connectivity index (χ2n) is 24.7. The summed E-state index contributed by atoms with van der Waals surface area (Å²) in [6, 6.07) is 72.4. The van der Waals surface area contributed by atoms with Crippen molar-refractivity contribution in [2.75, 3.05) is 26.3 Å². The molecule has 0 fully saturated rings. The maximum absolute atomic E-state index is 5.11. The van der Waals surface area contributed by atoms with Gasteiger partial charge in [0, 0.05) is 45.8 Å². The van der Waals surface area contributed by atoms with E-state index in [1.54, 1.807) is 0 Å². The van der Waals surface area contributed by atoms with Crippen LogP contribution in [-0.2, 0) is 21.7 Å². The molecule has 0 atom stereocenters. The van der Waals surface area contributed by atoms with Crippen LogP contribution in [0.15, 0.2) is 200 Å². The summed E-state index contributed by atoms with van der Waals surface area (Å²) in [7, 11) is 0. The van der Waals surface area contributed by atoms with Crippen molar-refractivity contribution in [2.45, 2.75) is 105 Å². The van der Waals surface area contributed by atoms with Crippen LogP contribution in [0.1, 0.15) is 105 Å². The largest absolute Gasteiger partial charge is 0.321 e. The van der Waals surface area contributed by atoms with Gasteiger partial charge in [-0.15, -0.1) is 0 Å². The number of aromatic nitrogens is 1. The highest BCUT2D eigenvalue weighted by atomic mass is 15.4. The first-order valence-electron chi connectivity index (χ1n) is 26.7. The van der Waals surface area contributed by atoms with Gasteiger partial charge >= 0.3 is 0 Å². The number of fused-ring (bicyclic) bond motifs is 6. The third-order valence-electron chi connectivity index (χ3n) is 15.2. The number of nitrogens with zero attached hydrogens (tertiary/aromatic N) is 5. The van der Waals surface area contributed by atoms with Gasteiger partial charge in [-0.3, -0.25) is 4.90 Å². The van der Waals surface area contributed by atoms with E-state index in [2.05, 4.69) is 291 Å². The zero-order chi connectivity index (χ0) is 52.6. The zero-order valence-corrected chi connectivity index (χ0v) is 46.0. The van der Waals surface area contributed by atoms with Crippen molar-refractivity contribution in [3.8, 4) is 33.4 Å². The molecule has 8 aromatic carbocycles. The summed E-state index contributed by atoms with van der Waals surface area (Å²) in [6.07, 6.45) is 1.91. The van der Waals surface area contributed by atoms with Crippen LogP contribution in [0.3, 0.4) is 0 Å². The van der Waals surface area contributed by atoms with Crippen LogP contribution in [0.5, 0.6) is 0 Å². The first-order valence-corrected chi connectivity index (χ1v) is 26.7. The van der Waals surface area contributed by atoms with Gasteiger partial charge in [0.25, 0.3) is 0 Å². The average Bonchev–Trinajstić information content (AvgIpc) is 3.81. The number of anilines is 10. The third-order valence-corrected chi connectivity index (χ3v) is 15.2. The molecule has 2 aliphatic rings. The first kappa shape index (κ1) is 49.3. The van der Waals surface area contributed by atoms with E-state index in [0.29, 0.717) is 6.67 Å². The van der Waals surface area contributed by atoms with Crippen LogP contribution in [-0.4, -0.2) is 11.7 Å². The highest BCUT2D eigenvalue weighted by molar-refractivity contribution is 6.04. The Bertz CT molecular complexity index is 3530. The summed E-state index contributed by atoms with van der Waals surface area (Å²) >= 11 is 0. The fourth-order valence-corrected chi connectivity index (χ4v) is 10.8. The average molecular weight is 982 g/mol. The van der Waals surface area contributed by atoms with Crippen LogP contribution in [0.4, 0.5) is 57.0 Å². The van der Waals surface area contributed by atoms with Crippen molar-refractivity contribution in [2.24, 2.45) is 0 Å². The second kappa shape index (κ2) is 18.5. The molecular weight excluding hydrogens is 911 g/mol. The molecule has 376 valence electrons. The first-order chi connectivity index (χ1) is 35.7. The molecule has 75 heavy (non-hydrogen) atoms. The highest BCUT2D eigenvalue weighted by Crippen LogP contribution is 2.54. The van der Waals surface area contributed by atoms with Crippen molar-refractivity contribution in [3.05, 3.63) is 223 Å². The summed E-state index contributed by atoms with van der Waals surface area (Å²) in [5, 5.41) is 0. The molecule has 0 bridgehead atoms. The van der Waals surface area contributed by atoms with Gasteiger partial charge in [0.05, 0.1) is 22.7 Å². The lowest BCUT2D eigenvalue weighted by atomic mass is 9.80. The van der Waals surface area contributed by atoms with Crippen molar-refractivity contribution in [1.29, 1.82) is 0 Å². The minimum absolute atomic E-state index is 0.00907. The third kappa shape index (κ3) is 9.39. The van der Waals surface area contributed by atoms with Gasteiger partial charge in [-0.25, -0.2) is 4.98 Å². The van der Waals surface area contributed by atoms with E-state index in [4.69, 9.17) is 4.98 Å². The standard InChI is InChI=1S/C70H71N5/c1-67(2,3)49-32-29-47(30-33-49)48-31-35-60-58-24-16-17-25-59(58)61-36-34-54(45-65(61)75(64(60)38-48)66-28-20-21-37-71-66)74(53-22-14-13-15-23-53)57-43-52(70(10,11)12)42-56(44-57)73-46-72(62-26-18-19-27-63(62)73)55-40-50(68(4,5)6)39-51(41-55)69(7,8)9/h13-45H,46H2,1-12H3. The quantitative estimate of drug-likeness (QED) is 0.159. The SMILES string of the molecule is CC(C)(C)c1ccc(-c2ccc3c(c2)N(c2ccccn2)c2cc(N(c4ccccc4)c4cc(N5CN(c6cc(C(C)(C)C)cc(C(C)(C)C)c6)c6ccccc65)cc(C(C)(C)C)c4)ccc2-c2ccccc2-3)cc1. The Labute approximate surface area is 446 Å². The van der Waals surface area contributed by atoms with Crippen LogP contribution in [0.2, 0.25) is 0 Å². The van der Waals surface area contributed by atoms with Crippen molar-refractivity contribution in [3.63, 3.8) is 0 Å². The lowest BCUT2D eigenvalue weighted by Gasteiger charge is -2.32. The molecule has 5 nitrogen and oxygen atoms in total. The monoisotopic (exact) mass is 982 g/mol. The van der Waals surface area contributed by atoms with E-state index in [1.165, 1.54) is 56.0 Å². The summed E-state index contributed by atoms with van der Waals surface area (Å²) in [5.74, 6) is 0.855. The topological polar surface area (TPSA) is 25.9 Å². The Morgan fingerprint density at radius 1 is 0.347 bits per heavy atom. The van der Waals surface area contributed by atoms with Gasteiger partial charge < -0.3 is 14.7 Å². The molecule has 0 saturated heterocycles. The molecule has 0 spiro atoms. The summed E-state index contributed by atoms with van der Waals surface area (Å²) < 4.78 is 0. The maximum atomic E-state index is 5.11. The summed E-state index contributed by atoms with van der Waals surface area (Å²) in [5.41, 5.74) is 22.3. The normalized spacial score (nSPS) is 13.5. The van der Waals surface area contributed by atoms with E-state index < -0.39 is 0 Å². The van der Waals surface area contributed by atoms with Gasteiger partial charge in [0.1, 0.15) is 12.5 Å². The molecule has 0 saturated carbocycles. The van der Waals surface area contributed by atoms with Crippen molar-refractivity contribution in [1.82, 2.24) is 4.98 Å². The van der Waals surface area contributed by atoms with E-state index in [0.717, 1.165) is 56.6 Å². The molecule has 0 unspecified atom stereocenters. The highest BCUT2D eigenvalue weighted by Gasteiger charge is 2.33. The van der Waals surface area contributed by atoms with Crippen LogP contribution < -0.4 is 19.6 Å². The molecule has 9 aromatic rings. The Kier molecular flexibility index (Phi) is 12.2. The van der Waals surface area contributed by atoms with Crippen molar-refractivity contribution < 1.29 is 0 Å². The molecular formula is C70H71N5. The predicted molar refractivity (Wildman–Crippen MR) is 320 cm³/mol. The van der Waals surface area contributed by atoms with E-state index in [-0.39, 0.29) is 21.7 Å². The fourth-order valence-electron chi connectivity index (χ4n) is 10.8. The Balaban J connectivity index is 1.10. The smallest absolute Gasteiger partial charge is 0.137 e.